The Morgan fingerprint density at radius 1 is 1.10 bits per heavy atom. The second kappa shape index (κ2) is 12.0. The molecule has 210 valence electrons. The zero-order valence-electron chi connectivity index (χ0n) is 23.8. The molecule has 1 amide bonds. The molecule has 11 heteroatoms. The van der Waals surface area contributed by atoms with Gasteiger partial charge in [0.2, 0.25) is 11.9 Å². The molecule has 2 heterocycles. The Bertz CT molecular complexity index is 1590. The SMILES string of the molecule is C=CC(=O)Nc1cc(Nc2nccc(-n3c(=O)n(C(C)C)c4ccccc43)n2)c(OC)cc1N(C)CCN(C)C. The van der Waals surface area contributed by atoms with E-state index in [9.17, 15) is 9.59 Å². The minimum Gasteiger partial charge on any atom is -0.494 e. The van der Waals surface area contributed by atoms with Crippen LogP contribution in [0.4, 0.5) is 23.0 Å². The molecule has 40 heavy (non-hydrogen) atoms. The van der Waals surface area contributed by atoms with Gasteiger partial charge < -0.3 is 25.2 Å². The fourth-order valence-electron chi connectivity index (χ4n) is 4.45. The molecule has 11 nitrogen and oxygen atoms in total. The molecule has 0 bridgehead atoms. The summed E-state index contributed by atoms with van der Waals surface area (Å²) in [5.41, 5.74) is 3.29. The predicted octanol–water partition coefficient (Wildman–Crippen LogP) is 4.04. The molecule has 0 unspecified atom stereocenters. The van der Waals surface area contributed by atoms with Crippen molar-refractivity contribution >= 4 is 40.0 Å². The molecule has 0 saturated carbocycles. The third-order valence-electron chi connectivity index (χ3n) is 6.47. The van der Waals surface area contributed by atoms with E-state index in [1.165, 1.54) is 6.08 Å². The maximum atomic E-state index is 13.4. The van der Waals surface area contributed by atoms with Gasteiger partial charge in [0.15, 0.2) is 0 Å². The average molecular weight is 545 g/mol. The number of rotatable bonds is 11. The molecule has 2 N–H and O–H groups in total. The number of fused-ring (bicyclic) bond motifs is 1. The Kier molecular flexibility index (Phi) is 8.54. The second-order valence-corrected chi connectivity index (χ2v) is 9.92. The molecular formula is C29H36N8O3. The standard InChI is InChI=1S/C29H36N8O3/c1-8-27(38)31-20-17-21(25(40-7)18-24(20)35(6)16-15-34(4)5)32-28-30-14-13-26(33-28)37-23-12-10-9-11-22(23)36(19(2)3)29(37)39/h8-14,17-19H,1,15-16H2,2-7H3,(H,31,38)(H,30,32,33). The number of nitrogens with zero attached hydrogens (tertiary/aromatic N) is 6. The Hall–Kier alpha value is -4.64. The Balaban J connectivity index is 1.76. The first-order valence-electron chi connectivity index (χ1n) is 13.0. The second-order valence-electron chi connectivity index (χ2n) is 9.92. The highest BCUT2D eigenvalue weighted by Crippen LogP contribution is 2.38. The van der Waals surface area contributed by atoms with Gasteiger partial charge in [-0.25, -0.2) is 14.3 Å². The molecule has 2 aromatic carbocycles. The topological polar surface area (TPSA) is 110 Å². The number of carbonyl (C=O) groups excluding carboxylic acids is 1. The minimum absolute atomic E-state index is 0.0269. The van der Waals surface area contributed by atoms with Crippen LogP contribution in [0.5, 0.6) is 5.75 Å². The van der Waals surface area contributed by atoms with Gasteiger partial charge in [0.1, 0.15) is 11.6 Å². The molecule has 0 aliphatic rings. The van der Waals surface area contributed by atoms with E-state index >= 15 is 0 Å². The number of likely N-dealkylation sites (N-methyl/N-ethyl adjacent to an activating group) is 2. The van der Waals surface area contributed by atoms with E-state index in [2.05, 4.69) is 32.1 Å². The highest BCUT2D eigenvalue weighted by molar-refractivity contribution is 6.02. The number of carbonyl (C=O) groups is 1. The van der Waals surface area contributed by atoms with Crippen LogP contribution >= 0.6 is 0 Å². The van der Waals surface area contributed by atoms with Gasteiger partial charge >= 0.3 is 5.69 Å². The highest BCUT2D eigenvalue weighted by atomic mass is 16.5. The molecular weight excluding hydrogens is 508 g/mol. The van der Waals surface area contributed by atoms with E-state index in [0.29, 0.717) is 22.9 Å². The monoisotopic (exact) mass is 544 g/mol. The van der Waals surface area contributed by atoms with Crippen LogP contribution in [-0.4, -0.2) is 71.3 Å². The highest BCUT2D eigenvalue weighted by Gasteiger charge is 2.19. The normalized spacial score (nSPS) is 11.2. The molecule has 0 aliphatic heterocycles. The molecule has 4 aromatic rings. The summed E-state index contributed by atoms with van der Waals surface area (Å²) in [4.78, 5) is 38.9. The first-order valence-corrected chi connectivity index (χ1v) is 13.0. The number of hydrogen-bond donors (Lipinski definition) is 2. The van der Waals surface area contributed by atoms with Crippen LogP contribution < -0.4 is 26.0 Å². The van der Waals surface area contributed by atoms with Crippen molar-refractivity contribution in [1.29, 1.82) is 0 Å². The van der Waals surface area contributed by atoms with E-state index in [4.69, 9.17) is 4.74 Å². The van der Waals surface area contributed by atoms with Crippen molar-refractivity contribution in [2.45, 2.75) is 19.9 Å². The van der Waals surface area contributed by atoms with Crippen LogP contribution in [0.15, 0.2) is 66.1 Å². The smallest absolute Gasteiger partial charge is 0.335 e. The van der Waals surface area contributed by atoms with Gasteiger partial charge in [0.05, 0.1) is 35.2 Å². The van der Waals surface area contributed by atoms with Crippen molar-refractivity contribution in [1.82, 2.24) is 24.0 Å². The number of ether oxygens (including phenoxy) is 1. The summed E-state index contributed by atoms with van der Waals surface area (Å²) in [5, 5.41) is 6.09. The number of aromatic nitrogens is 4. The van der Waals surface area contributed by atoms with Gasteiger partial charge in [-0.15, -0.1) is 0 Å². The quantitative estimate of drug-likeness (QED) is 0.272. The van der Waals surface area contributed by atoms with Gasteiger partial charge in [0.25, 0.3) is 0 Å². The lowest BCUT2D eigenvalue weighted by Gasteiger charge is -2.26. The molecule has 0 fully saturated rings. The van der Waals surface area contributed by atoms with E-state index in [0.717, 1.165) is 29.8 Å². The summed E-state index contributed by atoms with van der Waals surface area (Å²) < 4.78 is 9.02. The molecule has 0 atom stereocenters. The maximum Gasteiger partial charge on any atom is 0.335 e. The summed E-state index contributed by atoms with van der Waals surface area (Å²) in [7, 11) is 7.53. The Labute approximate surface area is 233 Å². The van der Waals surface area contributed by atoms with Crippen molar-refractivity contribution in [3.63, 3.8) is 0 Å². The van der Waals surface area contributed by atoms with Crippen molar-refractivity contribution < 1.29 is 9.53 Å². The first kappa shape index (κ1) is 28.4. The Morgan fingerprint density at radius 2 is 1.82 bits per heavy atom. The lowest BCUT2D eigenvalue weighted by atomic mass is 10.2. The summed E-state index contributed by atoms with van der Waals surface area (Å²) >= 11 is 0. The van der Waals surface area contributed by atoms with E-state index in [-0.39, 0.29) is 23.6 Å². The third-order valence-corrected chi connectivity index (χ3v) is 6.47. The van der Waals surface area contributed by atoms with E-state index < -0.39 is 0 Å². The predicted molar refractivity (Wildman–Crippen MR) is 160 cm³/mol. The number of para-hydroxylation sites is 2. The zero-order valence-corrected chi connectivity index (χ0v) is 23.8. The number of anilines is 4. The van der Waals surface area contributed by atoms with Crippen molar-refractivity contribution in [2.75, 3.05) is 56.9 Å². The van der Waals surface area contributed by atoms with Gasteiger partial charge in [-0.05, 0) is 52.2 Å². The number of nitrogens with one attached hydrogen (secondary N) is 2. The number of imidazole rings is 1. The van der Waals surface area contributed by atoms with Crippen LogP contribution in [0.3, 0.4) is 0 Å². The molecule has 0 radical (unpaired) electrons. The number of methoxy groups -OCH3 is 1. The van der Waals surface area contributed by atoms with Crippen LogP contribution in [0.2, 0.25) is 0 Å². The van der Waals surface area contributed by atoms with Crippen LogP contribution in [0.1, 0.15) is 19.9 Å². The lowest BCUT2D eigenvalue weighted by Crippen LogP contribution is -2.29. The minimum atomic E-state index is -0.336. The van der Waals surface area contributed by atoms with Crippen LogP contribution in [0, 0.1) is 0 Å². The van der Waals surface area contributed by atoms with E-state index in [1.54, 1.807) is 34.6 Å². The van der Waals surface area contributed by atoms with Crippen molar-refractivity contribution in [3.8, 4) is 11.6 Å². The third kappa shape index (κ3) is 5.84. The summed E-state index contributed by atoms with van der Waals surface area (Å²) in [6, 6.07) is 12.9. The van der Waals surface area contributed by atoms with Crippen LogP contribution in [0.25, 0.3) is 16.9 Å². The average Bonchev–Trinajstić information content (AvgIpc) is 3.23. The summed E-state index contributed by atoms with van der Waals surface area (Å²) in [6.45, 7) is 9.07. The Morgan fingerprint density at radius 3 is 2.48 bits per heavy atom. The lowest BCUT2D eigenvalue weighted by molar-refractivity contribution is -0.111. The number of amides is 1. The van der Waals surface area contributed by atoms with Crippen LogP contribution in [-0.2, 0) is 4.79 Å². The fraction of sp³-hybridized carbons (Fsp3) is 0.310. The molecule has 0 aliphatic carbocycles. The fourth-order valence-corrected chi connectivity index (χ4v) is 4.45. The summed E-state index contributed by atoms with van der Waals surface area (Å²) in [5.74, 6) is 0.888. The largest absolute Gasteiger partial charge is 0.494 e. The number of hydrogen-bond acceptors (Lipinski definition) is 8. The number of benzene rings is 2. The van der Waals surface area contributed by atoms with Crippen molar-refractivity contribution in [3.05, 3.63) is 71.8 Å². The zero-order chi connectivity index (χ0) is 29.0. The van der Waals surface area contributed by atoms with Gasteiger partial charge in [0, 0.05) is 44.5 Å². The van der Waals surface area contributed by atoms with Gasteiger partial charge in [-0.3, -0.25) is 9.36 Å². The molecule has 0 spiro atoms. The van der Waals surface area contributed by atoms with Gasteiger partial charge in [-0.2, -0.15) is 4.98 Å². The maximum absolute atomic E-state index is 13.4. The van der Waals surface area contributed by atoms with Crippen molar-refractivity contribution in [2.24, 2.45) is 0 Å². The molecule has 4 rings (SSSR count). The first-order chi connectivity index (χ1) is 19.1. The summed E-state index contributed by atoms with van der Waals surface area (Å²) in [6.07, 6.45) is 2.81. The molecule has 0 saturated heterocycles. The van der Waals surface area contributed by atoms with E-state index in [1.807, 2.05) is 70.2 Å². The van der Waals surface area contributed by atoms with Gasteiger partial charge in [-0.1, -0.05) is 18.7 Å². The molecule has 2 aromatic heterocycles.